The summed E-state index contributed by atoms with van der Waals surface area (Å²) in [6.45, 7) is 7.23. The monoisotopic (exact) mass is 458 g/mol. The Morgan fingerprint density at radius 2 is 2.00 bits per heavy atom. The second-order valence-electron chi connectivity index (χ2n) is 7.16. The van der Waals surface area contributed by atoms with Crippen LogP contribution in [0.1, 0.15) is 32.1 Å². The van der Waals surface area contributed by atoms with Gasteiger partial charge in [0.15, 0.2) is 11.6 Å². The van der Waals surface area contributed by atoms with Crippen LogP contribution in [0.2, 0.25) is 0 Å². The highest BCUT2D eigenvalue weighted by Gasteiger charge is 2.22. The molecule has 3 aromatic heterocycles. The smallest absolute Gasteiger partial charge is 0.176 e. The molecule has 0 bridgehead atoms. The van der Waals surface area contributed by atoms with E-state index in [-0.39, 0.29) is 11.2 Å². The number of hydrogen-bond acceptors (Lipinski definition) is 6. The molecule has 8 heteroatoms. The third-order valence-electron chi connectivity index (χ3n) is 5.46. The van der Waals surface area contributed by atoms with E-state index in [1.807, 2.05) is 13.8 Å². The minimum atomic E-state index is -0.674. The summed E-state index contributed by atoms with van der Waals surface area (Å²) in [4.78, 5) is 12.8. The average molecular weight is 459 g/mol. The second kappa shape index (κ2) is 8.98. The van der Waals surface area contributed by atoms with Crippen LogP contribution < -0.4 is 5.32 Å². The molecule has 4 heterocycles. The Kier molecular flexibility index (Phi) is 6.31. The van der Waals surface area contributed by atoms with Gasteiger partial charge in [-0.2, -0.15) is 0 Å². The molecule has 1 aliphatic heterocycles. The van der Waals surface area contributed by atoms with Gasteiger partial charge in [-0.25, -0.2) is 18.7 Å². The summed E-state index contributed by atoms with van der Waals surface area (Å²) in [6.07, 6.45) is 4.94. The lowest BCUT2D eigenvalue weighted by Gasteiger charge is -2.30. The van der Waals surface area contributed by atoms with Crippen LogP contribution in [-0.2, 0) is 0 Å². The molecule has 0 saturated heterocycles. The number of thiazole rings is 1. The van der Waals surface area contributed by atoms with Crippen molar-refractivity contribution < 1.29 is 8.78 Å². The summed E-state index contributed by atoms with van der Waals surface area (Å²) in [5, 5.41) is 3.81. The van der Waals surface area contributed by atoms with Crippen LogP contribution in [0.25, 0.3) is 26.0 Å². The van der Waals surface area contributed by atoms with Crippen molar-refractivity contribution in [1.82, 2.24) is 14.9 Å². The Morgan fingerprint density at radius 1 is 1.19 bits per heavy atom. The first kappa shape index (κ1) is 21.8. The number of anilines is 2. The molecule has 31 heavy (non-hydrogen) atoms. The van der Waals surface area contributed by atoms with Crippen LogP contribution in [-0.4, -0.2) is 34.5 Å². The highest BCUT2D eigenvalue weighted by molar-refractivity contribution is 7.19. The Morgan fingerprint density at radius 3 is 2.81 bits per heavy atom. The Hall–Kier alpha value is -2.42. The van der Waals surface area contributed by atoms with Gasteiger partial charge in [-0.05, 0) is 44.2 Å². The third-order valence-corrected chi connectivity index (χ3v) is 7.32. The molecule has 1 atom stereocenters. The standard InChI is InChI=1S/C21H18F2N4S2.C2H6/c1-11-12(4-3-7-27(11)2)16-8-13-15(5-6-24-21(13)29-16)26-19-14(22)9-17-20(18(19)23)25-10-28-17;1-2/h4-6,8-11H,3,7H2,1-2H3,(H,24,26);1-2H3. The quantitative estimate of drug-likeness (QED) is 0.357. The van der Waals surface area contributed by atoms with E-state index in [2.05, 4.69) is 46.3 Å². The van der Waals surface area contributed by atoms with Gasteiger partial charge in [0, 0.05) is 29.0 Å². The van der Waals surface area contributed by atoms with Gasteiger partial charge < -0.3 is 5.32 Å². The number of thiophene rings is 1. The van der Waals surface area contributed by atoms with Gasteiger partial charge in [0.1, 0.15) is 16.0 Å². The molecule has 0 fully saturated rings. The molecule has 1 unspecified atom stereocenters. The summed E-state index contributed by atoms with van der Waals surface area (Å²) < 4.78 is 29.9. The van der Waals surface area contributed by atoms with E-state index in [0.717, 1.165) is 28.1 Å². The lowest BCUT2D eigenvalue weighted by atomic mass is 10.00. The molecule has 0 amide bonds. The molecule has 0 spiro atoms. The molecule has 5 rings (SSSR count). The molecule has 1 aromatic carbocycles. The van der Waals surface area contributed by atoms with Crippen molar-refractivity contribution in [1.29, 1.82) is 0 Å². The molecule has 0 saturated carbocycles. The van der Waals surface area contributed by atoms with Crippen LogP contribution in [0.15, 0.2) is 36.0 Å². The predicted molar refractivity (Wildman–Crippen MR) is 128 cm³/mol. The largest absolute Gasteiger partial charge is 0.350 e. The van der Waals surface area contributed by atoms with Crippen LogP contribution in [0, 0.1) is 11.6 Å². The first-order valence-corrected chi connectivity index (χ1v) is 12.0. The van der Waals surface area contributed by atoms with Crippen LogP contribution >= 0.6 is 22.7 Å². The maximum Gasteiger partial charge on any atom is 0.176 e. The first-order chi connectivity index (χ1) is 15.0. The van der Waals surface area contributed by atoms with E-state index in [1.54, 1.807) is 23.6 Å². The maximum atomic E-state index is 14.9. The minimum Gasteiger partial charge on any atom is -0.350 e. The lowest BCUT2D eigenvalue weighted by molar-refractivity contribution is 0.300. The van der Waals surface area contributed by atoms with Crippen LogP contribution in [0.5, 0.6) is 0 Å². The first-order valence-electron chi connectivity index (χ1n) is 10.3. The zero-order valence-electron chi connectivity index (χ0n) is 17.9. The number of benzene rings is 1. The topological polar surface area (TPSA) is 41.1 Å². The van der Waals surface area contributed by atoms with Gasteiger partial charge in [0.2, 0.25) is 0 Å². The average Bonchev–Trinajstić information content (AvgIpc) is 3.42. The molecule has 4 nitrogen and oxygen atoms in total. The molecular weight excluding hydrogens is 434 g/mol. The molecule has 0 aliphatic carbocycles. The van der Waals surface area contributed by atoms with Gasteiger partial charge >= 0.3 is 0 Å². The molecule has 1 N–H and O–H groups in total. The van der Waals surface area contributed by atoms with Crippen LogP contribution in [0.3, 0.4) is 0 Å². The summed E-state index contributed by atoms with van der Waals surface area (Å²) in [6, 6.07) is 5.44. The van der Waals surface area contributed by atoms with E-state index in [1.165, 1.54) is 28.5 Å². The molecular formula is C23H24F2N4S2. The van der Waals surface area contributed by atoms with E-state index in [0.29, 0.717) is 16.4 Å². The molecule has 162 valence electrons. The Bertz CT molecular complexity index is 1260. The third kappa shape index (κ3) is 3.95. The highest BCUT2D eigenvalue weighted by Crippen LogP contribution is 2.39. The Labute approximate surface area is 188 Å². The van der Waals surface area contributed by atoms with Crippen molar-refractivity contribution >= 4 is 60.1 Å². The van der Waals surface area contributed by atoms with Crippen molar-refractivity contribution in [2.75, 3.05) is 18.9 Å². The number of aromatic nitrogens is 2. The fraction of sp³-hybridized carbons (Fsp3) is 0.304. The van der Waals surface area contributed by atoms with Crippen molar-refractivity contribution in [2.24, 2.45) is 0 Å². The number of fused-ring (bicyclic) bond motifs is 2. The summed E-state index contributed by atoms with van der Waals surface area (Å²) >= 11 is 2.82. The van der Waals surface area contributed by atoms with E-state index in [9.17, 15) is 8.78 Å². The van der Waals surface area contributed by atoms with E-state index in [4.69, 9.17) is 0 Å². The summed E-state index contributed by atoms with van der Waals surface area (Å²) in [7, 11) is 2.12. The second-order valence-corrected chi connectivity index (χ2v) is 9.08. The number of nitrogens with zero attached hydrogens (tertiary/aromatic N) is 3. The molecule has 4 aromatic rings. The number of hydrogen-bond donors (Lipinski definition) is 1. The number of halogens is 2. The van der Waals surface area contributed by atoms with Gasteiger partial charge in [-0.1, -0.05) is 19.9 Å². The normalized spacial score (nSPS) is 16.8. The Balaban J connectivity index is 0.00000112. The number of pyridine rings is 1. The lowest BCUT2D eigenvalue weighted by Crippen LogP contribution is -2.33. The van der Waals surface area contributed by atoms with Gasteiger partial charge in [-0.3, -0.25) is 4.90 Å². The fourth-order valence-corrected chi connectivity index (χ4v) is 5.55. The zero-order valence-corrected chi connectivity index (χ0v) is 19.5. The number of likely N-dealkylation sites (N-methyl/N-ethyl adjacent to an activating group) is 1. The zero-order chi connectivity index (χ0) is 22.1. The van der Waals surface area contributed by atoms with E-state index >= 15 is 0 Å². The molecule has 0 radical (unpaired) electrons. The summed E-state index contributed by atoms with van der Waals surface area (Å²) in [5.41, 5.74) is 3.41. The van der Waals surface area contributed by atoms with E-state index < -0.39 is 11.6 Å². The van der Waals surface area contributed by atoms with Crippen molar-refractivity contribution in [3.63, 3.8) is 0 Å². The van der Waals surface area contributed by atoms with Gasteiger partial charge in [0.05, 0.1) is 15.9 Å². The van der Waals surface area contributed by atoms with Crippen molar-refractivity contribution in [2.45, 2.75) is 33.2 Å². The van der Waals surface area contributed by atoms with Crippen molar-refractivity contribution in [3.8, 4) is 0 Å². The fourth-order valence-electron chi connectivity index (χ4n) is 3.70. The summed E-state index contributed by atoms with van der Waals surface area (Å²) in [5.74, 6) is -1.31. The molecule has 1 aliphatic rings. The van der Waals surface area contributed by atoms with Gasteiger partial charge in [0.25, 0.3) is 0 Å². The van der Waals surface area contributed by atoms with Gasteiger partial charge in [-0.15, -0.1) is 22.7 Å². The highest BCUT2D eigenvalue weighted by atomic mass is 32.1. The maximum absolute atomic E-state index is 14.9. The van der Waals surface area contributed by atoms with Crippen molar-refractivity contribution in [3.05, 3.63) is 52.5 Å². The SMILES string of the molecule is CC.CC1C(c2cc3c(Nc4c(F)cc5scnc5c4F)ccnc3s2)=CCCN1C. The van der Waals surface area contributed by atoms with Crippen LogP contribution in [0.4, 0.5) is 20.2 Å². The number of rotatable bonds is 3. The predicted octanol–water partition coefficient (Wildman–Crippen LogP) is 7.06. The minimum absolute atomic E-state index is 0.180. The number of nitrogens with one attached hydrogen (secondary N) is 1.